The Kier molecular flexibility index (Phi) is 36.8. The van der Waals surface area contributed by atoms with Crippen LogP contribution < -0.4 is 76.1 Å². The lowest BCUT2D eigenvalue weighted by Gasteiger charge is -2.31. The molecule has 2 aliphatic heterocycles. The Bertz CT molecular complexity index is 4390. The van der Waals surface area contributed by atoms with Crippen LogP contribution in [0.5, 0.6) is 5.75 Å². The zero-order valence-electron chi connectivity index (χ0n) is 68.1. The number of carboxylic acid groups (broad SMARTS) is 1. The summed E-state index contributed by atoms with van der Waals surface area (Å²) in [6.07, 6.45) is 4.94. The van der Waals surface area contributed by atoms with Gasteiger partial charge in [0.2, 0.25) is 82.7 Å². The number of nitrogens with two attached hydrogens (primary N) is 4. The number of primary amides is 2. The summed E-state index contributed by atoms with van der Waals surface area (Å²) < 4.78 is 0. The number of phenolic OH excluding ortho intramolecular Hbond substituents is 1. The molecule has 3 aromatic carbocycles. The number of carboxylic acids is 1. The number of non-ortho nitro benzene ring substituents is 1. The molecule has 2 aliphatic rings. The van der Waals surface area contributed by atoms with E-state index in [0.717, 1.165) is 0 Å². The zero-order chi connectivity index (χ0) is 87.9. The van der Waals surface area contributed by atoms with Gasteiger partial charge in [-0.1, -0.05) is 89.9 Å². The molecular formula is C81H114N20O19. The van der Waals surface area contributed by atoms with Crippen molar-refractivity contribution in [2.45, 2.75) is 236 Å². The summed E-state index contributed by atoms with van der Waals surface area (Å²) in [6.45, 7) is 8.39. The Morgan fingerprint density at radius 1 is 0.550 bits per heavy atom. The number of rotatable bonds is 49. The summed E-state index contributed by atoms with van der Waals surface area (Å²) >= 11 is 0. The molecule has 39 heteroatoms. The van der Waals surface area contributed by atoms with Gasteiger partial charge in [0.15, 0.2) is 0 Å². The highest BCUT2D eigenvalue weighted by Gasteiger charge is 2.43. The van der Waals surface area contributed by atoms with Crippen LogP contribution in [0, 0.1) is 22.0 Å². The topological polar surface area (TPSA) is 615 Å². The first-order valence-electron chi connectivity index (χ1n) is 40.5. The number of unbranched alkanes of at least 4 members (excludes halogenated alkanes) is 2. The third-order valence-electron chi connectivity index (χ3n) is 20.7. The molecule has 2 aromatic heterocycles. The molecule has 22 N–H and O–H groups in total. The molecule has 5 aromatic rings. The average molecular weight is 1670 g/mol. The number of aromatic amines is 2. The van der Waals surface area contributed by atoms with Crippen molar-refractivity contribution in [3.05, 3.63) is 124 Å². The highest BCUT2D eigenvalue weighted by Crippen LogP contribution is 2.25. The van der Waals surface area contributed by atoms with Gasteiger partial charge in [0.1, 0.15) is 72.2 Å². The molecule has 2 fully saturated rings. The number of amides is 14. The molecule has 7 rings (SSSR count). The molecule has 12 atom stereocenters. The summed E-state index contributed by atoms with van der Waals surface area (Å²) in [6, 6.07) is 1.91. The van der Waals surface area contributed by atoms with Crippen molar-refractivity contribution in [3.63, 3.8) is 0 Å². The van der Waals surface area contributed by atoms with E-state index < -0.39 is 192 Å². The van der Waals surface area contributed by atoms with Gasteiger partial charge >= 0.3 is 5.97 Å². The van der Waals surface area contributed by atoms with Gasteiger partial charge in [-0.3, -0.25) is 77.2 Å². The van der Waals surface area contributed by atoms with Crippen molar-refractivity contribution in [2.24, 2.45) is 34.8 Å². The number of nitrogens with one attached hydrogen (secondary N) is 12. The lowest BCUT2D eigenvalue weighted by molar-refractivity contribution is -0.384. The number of para-hydroxylation sites is 1. The lowest BCUT2D eigenvalue weighted by Crippen LogP contribution is -2.61. The number of aliphatic carboxylic acids is 1. The van der Waals surface area contributed by atoms with E-state index >= 15 is 4.79 Å². The van der Waals surface area contributed by atoms with E-state index in [9.17, 15) is 87.5 Å². The number of carbonyl (C=O) groups is 15. The number of likely N-dealkylation sites (tertiary alicyclic amines) is 2. The van der Waals surface area contributed by atoms with Gasteiger partial charge in [-0.05, 0) is 137 Å². The maximum absolute atomic E-state index is 15.0. The van der Waals surface area contributed by atoms with E-state index in [1.807, 2.05) is 6.92 Å². The molecule has 0 saturated carbocycles. The molecule has 652 valence electrons. The van der Waals surface area contributed by atoms with Crippen molar-refractivity contribution >= 4 is 105 Å². The highest BCUT2D eigenvalue weighted by atomic mass is 16.6. The number of fused-ring (bicyclic) bond motifs is 1. The van der Waals surface area contributed by atoms with Crippen LogP contribution in [0.3, 0.4) is 0 Å². The second-order valence-corrected chi connectivity index (χ2v) is 31.2. The van der Waals surface area contributed by atoms with Gasteiger partial charge < -0.3 is 106 Å². The lowest BCUT2D eigenvalue weighted by atomic mass is 9.99. The van der Waals surface area contributed by atoms with E-state index in [0.29, 0.717) is 71.8 Å². The van der Waals surface area contributed by atoms with Gasteiger partial charge in [0, 0.05) is 80.6 Å². The fourth-order valence-corrected chi connectivity index (χ4v) is 14.4. The van der Waals surface area contributed by atoms with E-state index in [2.05, 4.69) is 68.1 Å². The van der Waals surface area contributed by atoms with E-state index in [1.165, 1.54) is 70.9 Å². The Balaban J connectivity index is 1.02. The molecular weight excluding hydrogens is 1560 g/mol. The Labute approximate surface area is 693 Å². The van der Waals surface area contributed by atoms with Crippen LogP contribution in [0.2, 0.25) is 0 Å². The van der Waals surface area contributed by atoms with Crippen LogP contribution in [0.15, 0.2) is 91.5 Å². The molecule has 120 heavy (non-hydrogen) atoms. The van der Waals surface area contributed by atoms with Crippen molar-refractivity contribution in [2.75, 3.05) is 26.2 Å². The molecule has 14 amide bonds. The molecule has 39 nitrogen and oxygen atoms in total. The molecule has 0 unspecified atom stereocenters. The summed E-state index contributed by atoms with van der Waals surface area (Å²) in [5, 5.41) is 58.3. The Morgan fingerprint density at radius 2 is 1.03 bits per heavy atom. The second kappa shape index (κ2) is 46.7. The highest BCUT2D eigenvalue weighted by molar-refractivity contribution is 6.00. The van der Waals surface area contributed by atoms with Crippen molar-refractivity contribution < 1.29 is 87.1 Å². The summed E-state index contributed by atoms with van der Waals surface area (Å²) in [4.78, 5) is 233. The number of aromatic hydroxyl groups is 1. The number of aromatic nitrogens is 3. The molecule has 0 radical (unpaired) electrons. The fraction of sp³-hybridized carbons (Fsp3) is 0.531. The molecule has 0 spiro atoms. The Morgan fingerprint density at radius 3 is 1.58 bits per heavy atom. The van der Waals surface area contributed by atoms with Gasteiger partial charge in [-0.2, -0.15) is 0 Å². The van der Waals surface area contributed by atoms with Gasteiger partial charge in [0.25, 0.3) is 5.69 Å². The first kappa shape index (κ1) is 94.7. The maximum atomic E-state index is 15.0. The van der Waals surface area contributed by atoms with Crippen LogP contribution in [-0.4, -0.2) is 227 Å². The van der Waals surface area contributed by atoms with Gasteiger partial charge in [-0.15, -0.1) is 0 Å². The van der Waals surface area contributed by atoms with Crippen LogP contribution in [-0.2, 0) is 97.6 Å². The number of phenols is 1. The van der Waals surface area contributed by atoms with Gasteiger partial charge in [0.05, 0.1) is 29.5 Å². The number of nitrogens with zero attached hydrogens (tertiary/aromatic N) is 4. The minimum Gasteiger partial charge on any atom is -0.508 e. The largest absolute Gasteiger partial charge is 0.508 e. The van der Waals surface area contributed by atoms with Gasteiger partial charge in [-0.25, -0.2) is 9.78 Å². The zero-order valence-corrected chi connectivity index (χ0v) is 68.1. The average Bonchev–Trinajstić information content (AvgIpc) is 1.73. The third-order valence-corrected chi connectivity index (χ3v) is 20.7. The predicted molar refractivity (Wildman–Crippen MR) is 437 cm³/mol. The minimum atomic E-state index is -1.60. The monoisotopic (exact) mass is 1670 g/mol. The maximum Gasteiger partial charge on any atom is 0.326 e. The van der Waals surface area contributed by atoms with Crippen LogP contribution in [0.4, 0.5) is 5.69 Å². The number of carbonyl (C=O) groups excluding carboxylic acids is 14. The van der Waals surface area contributed by atoms with E-state index in [-0.39, 0.29) is 114 Å². The SMILES string of the molecule is CCCC[C@H](NC(=O)[C@@H]1CCCN1C(=O)[C@H](CCC(N)=O)NC(=O)CNC(=O)[C@@H]1CCCN1C(=O)[C@H](CCCCN)NC(=O)[C@H](CC(C)C)NC(=O)[C@H](CCC(N)=O)NC(=O)[C@H](CC(C)C)NC(=O)[C@H](Cc1c[nH]c2ccccc12)NC(=O)[C@H](Cc1c[nH]cn1)NC(=O)[C@@H](N)Cc1ccc([N+](=O)[O-])cc1)C(=O)N[C@@H](Cc1ccc(O)cc1)C(=O)O. The smallest absolute Gasteiger partial charge is 0.326 e. The Hall–Kier alpha value is -12.4. The van der Waals surface area contributed by atoms with Crippen LogP contribution in [0.1, 0.15) is 160 Å². The number of benzene rings is 3. The second-order valence-electron chi connectivity index (χ2n) is 31.2. The third kappa shape index (κ3) is 29.3. The fourth-order valence-electron chi connectivity index (χ4n) is 14.4. The molecule has 4 heterocycles. The molecule has 2 saturated heterocycles. The minimum absolute atomic E-state index is 0.000118. The van der Waals surface area contributed by atoms with Crippen molar-refractivity contribution in [1.82, 2.24) is 77.9 Å². The number of imidazole rings is 1. The first-order valence-corrected chi connectivity index (χ1v) is 40.5. The number of H-pyrrole nitrogens is 2. The van der Waals surface area contributed by atoms with Crippen LogP contribution >= 0.6 is 0 Å². The predicted octanol–water partition coefficient (Wildman–Crippen LogP) is -0.409. The van der Waals surface area contributed by atoms with Crippen molar-refractivity contribution in [3.8, 4) is 5.75 Å². The summed E-state index contributed by atoms with van der Waals surface area (Å²) in [5.74, 6) is -13.7. The normalized spacial score (nSPS) is 16.3. The number of hydrogen-bond acceptors (Lipinski definition) is 21. The van der Waals surface area contributed by atoms with E-state index in [1.54, 1.807) is 58.2 Å². The standard InChI is InChI=1S/C81H114N20O19/c1-6-7-15-56(71(107)98-64(81(117)118)38-48-22-26-52(102)27-23-48)92-78(114)66-19-13-34-100(66)80(116)59(29-31-68(85)104)90-69(105)43-88-77(113)65-18-12-33-99(65)79(115)58(17-10-11-32-82)93-74(110)61(36-46(4)5)95-72(108)57(28-30-67(84)103)91-73(109)60(35-45(2)3)96-75(111)62(39-49-41-87-55-16-9-8-14-53(49)55)97-76(112)63(40-50-42-86-44-89-50)94-70(106)54(83)37-47-20-24-51(25-21-47)101(119)120/h8-9,14,16,20-27,41-42,44-46,54,56-66,87,102H,6-7,10-13,15,17-19,28-40,43,82-83H2,1-5H3,(H2,84,103)(H2,85,104)(H,86,89)(H,88,113)(H,90,105)(H,91,109)(H,92,114)(H,93,110)(H,94,106)(H,95,108)(H,96,111)(H,97,112)(H,98,107)(H,117,118)/t54-,56-,57-,58-,59-,60-,61-,62-,63-,64-,65-,66-/m0/s1. The molecule has 0 aliphatic carbocycles. The van der Waals surface area contributed by atoms with Crippen LogP contribution in [0.25, 0.3) is 10.9 Å². The number of nitro groups is 1. The number of hydrogen-bond donors (Lipinski definition) is 18. The summed E-state index contributed by atoms with van der Waals surface area (Å²) in [7, 11) is 0. The van der Waals surface area contributed by atoms with E-state index in [4.69, 9.17) is 22.9 Å². The molecule has 0 bridgehead atoms. The quantitative estimate of drug-likeness (QED) is 0.0134. The van der Waals surface area contributed by atoms with Crippen molar-refractivity contribution in [1.29, 1.82) is 0 Å². The number of nitro benzene ring substituents is 1. The summed E-state index contributed by atoms with van der Waals surface area (Å²) in [5.41, 5.74) is 25.8. The first-order chi connectivity index (χ1) is 57.1.